The van der Waals surface area contributed by atoms with Crippen molar-refractivity contribution in [1.29, 1.82) is 0 Å². The molecule has 2 aromatic rings. The van der Waals surface area contributed by atoms with Crippen LogP contribution in [0.4, 0.5) is 0 Å². The van der Waals surface area contributed by atoms with E-state index in [0.29, 0.717) is 11.5 Å². The summed E-state index contributed by atoms with van der Waals surface area (Å²) in [5, 5.41) is 7.61. The summed E-state index contributed by atoms with van der Waals surface area (Å²) < 4.78 is 0. The van der Waals surface area contributed by atoms with Gasteiger partial charge in [0.1, 0.15) is 5.69 Å². The molecule has 0 N–H and O–H groups in total. The van der Waals surface area contributed by atoms with Crippen molar-refractivity contribution in [2.45, 2.75) is 0 Å². The fraction of sp³-hybridized carbons (Fsp3) is 0. The molecule has 0 aromatic carbocycles. The molecular weight excluding hydrogens is 152 g/mol. The van der Waals surface area contributed by atoms with Gasteiger partial charge in [0.05, 0.1) is 0 Å². The molecule has 2 rings (SSSR count). The minimum Gasteiger partial charge on any atom is -0.235 e. The summed E-state index contributed by atoms with van der Waals surface area (Å²) in [5.74, 6) is 0.602. The molecule has 0 aliphatic heterocycles. The minimum atomic E-state index is 0.602. The Kier molecular flexibility index (Phi) is 1.74. The quantitative estimate of drug-likeness (QED) is 0.619. The van der Waals surface area contributed by atoms with E-state index in [0.717, 1.165) is 0 Å². The van der Waals surface area contributed by atoms with Crippen molar-refractivity contribution < 1.29 is 0 Å². The topological polar surface area (TPSA) is 51.6 Å². The maximum atomic E-state index is 4.04. The summed E-state index contributed by atoms with van der Waals surface area (Å²) in [6, 6.07) is 5.39. The van der Waals surface area contributed by atoms with Crippen LogP contribution in [0.15, 0.2) is 36.8 Å². The van der Waals surface area contributed by atoms with E-state index in [1.807, 2.05) is 6.07 Å². The second-order valence-electron chi connectivity index (χ2n) is 2.18. The van der Waals surface area contributed by atoms with E-state index in [1.165, 1.54) is 0 Å². The number of hydrogen-bond donors (Lipinski definition) is 0. The smallest absolute Gasteiger partial charge is 0.180 e. The van der Waals surface area contributed by atoms with Crippen molar-refractivity contribution in [1.82, 2.24) is 20.2 Å². The van der Waals surface area contributed by atoms with Crippen molar-refractivity contribution in [3.8, 4) is 11.5 Å². The van der Waals surface area contributed by atoms with Crippen LogP contribution >= 0.6 is 0 Å². The number of rotatable bonds is 1. The Morgan fingerprint density at radius 1 is 0.917 bits per heavy atom. The third-order valence-corrected chi connectivity index (χ3v) is 1.37. The van der Waals surface area contributed by atoms with E-state index in [4.69, 9.17) is 0 Å². The first-order valence-corrected chi connectivity index (χ1v) is 3.52. The summed E-state index contributed by atoms with van der Waals surface area (Å²) in [7, 11) is 0. The summed E-state index contributed by atoms with van der Waals surface area (Å²) in [4.78, 5) is 8.07. The van der Waals surface area contributed by atoms with Crippen LogP contribution in [0, 0.1) is 0 Å². The largest absolute Gasteiger partial charge is 0.235 e. The first-order valence-electron chi connectivity index (χ1n) is 3.52. The highest BCUT2D eigenvalue weighted by molar-refractivity contribution is 5.46. The molecule has 0 atom stereocenters. The van der Waals surface area contributed by atoms with Gasteiger partial charge in [-0.25, -0.2) is 9.97 Å². The number of nitrogens with zero attached hydrogens (tertiary/aromatic N) is 4. The van der Waals surface area contributed by atoms with Crippen molar-refractivity contribution in [2.75, 3.05) is 0 Å². The molecule has 0 unspecified atom stereocenters. The molecule has 4 heteroatoms. The summed E-state index contributed by atoms with van der Waals surface area (Å²) in [6.07, 6.45) is 4.97. The summed E-state index contributed by atoms with van der Waals surface area (Å²) in [5.41, 5.74) is 0.693. The summed E-state index contributed by atoms with van der Waals surface area (Å²) >= 11 is 0. The zero-order valence-corrected chi connectivity index (χ0v) is 6.25. The molecule has 0 fully saturated rings. The zero-order valence-electron chi connectivity index (χ0n) is 6.25. The van der Waals surface area contributed by atoms with Gasteiger partial charge in [0.25, 0.3) is 0 Å². The van der Waals surface area contributed by atoms with E-state index < -0.39 is 0 Å². The molecule has 0 spiro atoms. The van der Waals surface area contributed by atoms with Crippen LogP contribution in [-0.2, 0) is 0 Å². The third kappa shape index (κ3) is 1.27. The van der Waals surface area contributed by atoms with Gasteiger partial charge in [-0.05, 0) is 18.2 Å². The van der Waals surface area contributed by atoms with Crippen LogP contribution in [0.3, 0.4) is 0 Å². The average Bonchev–Trinajstić information content (AvgIpc) is 2.21. The number of aromatic nitrogens is 4. The highest BCUT2D eigenvalue weighted by Crippen LogP contribution is 2.06. The predicted molar refractivity (Wildman–Crippen MR) is 43.1 cm³/mol. The van der Waals surface area contributed by atoms with Gasteiger partial charge in [-0.2, -0.15) is 5.10 Å². The fourth-order valence-corrected chi connectivity index (χ4v) is 0.852. The van der Waals surface area contributed by atoms with E-state index in [9.17, 15) is 0 Å². The SMILES string of the molecule is c1cnc(-c2cccnn2)nc1. The summed E-state index contributed by atoms with van der Waals surface area (Å²) in [6.45, 7) is 0. The van der Waals surface area contributed by atoms with Crippen LogP contribution < -0.4 is 0 Å². The lowest BCUT2D eigenvalue weighted by Gasteiger charge is -1.94. The molecule has 0 radical (unpaired) electrons. The van der Waals surface area contributed by atoms with E-state index in [-0.39, 0.29) is 0 Å². The Labute approximate surface area is 69.3 Å². The molecule has 2 aromatic heterocycles. The van der Waals surface area contributed by atoms with Crippen molar-refractivity contribution in [3.05, 3.63) is 36.8 Å². The maximum absolute atomic E-state index is 4.04. The first kappa shape index (κ1) is 6.84. The molecule has 0 amide bonds. The van der Waals surface area contributed by atoms with E-state index >= 15 is 0 Å². The number of hydrogen-bond acceptors (Lipinski definition) is 4. The molecular formula is C8H6N4. The molecule has 0 bridgehead atoms. The minimum absolute atomic E-state index is 0.602. The van der Waals surface area contributed by atoms with Crippen LogP contribution in [0.2, 0.25) is 0 Å². The van der Waals surface area contributed by atoms with E-state index in [1.54, 1.807) is 30.7 Å². The Morgan fingerprint density at radius 3 is 2.42 bits per heavy atom. The molecule has 4 nitrogen and oxygen atoms in total. The highest BCUT2D eigenvalue weighted by Gasteiger charge is 1.98. The van der Waals surface area contributed by atoms with Gasteiger partial charge in [-0.3, -0.25) is 0 Å². The monoisotopic (exact) mass is 158 g/mol. The molecule has 0 aliphatic carbocycles. The van der Waals surface area contributed by atoms with Crippen molar-refractivity contribution in [3.63, 3.8) is 0 Å². The Bertz CT molecular complexity index is 308. The van der Waals surface area contributed by atoms with Gasteiger partial charge in [0.15, 0.2) is 5.82 Å². The lowest BCUT2D eigenvalue weighted by atomic mass is 10.4. The molecule has 12 heavy (non-hydrogen) atoms. The average molecular weight is 158 g/mol. The van der Waals surface area contributed by atoms with Gasteiger partial charge < -0.3 is 0 Å². The standard InChI is InChI=1S/C8H6N4/c1-3-7(12-11-6-1)8-9-4-2-5-10-8/h1-6H. The van der Waals surface area contributed by atoms with Gasteiger partial charge in [-0.1, -0.05) is 0 Å². The van der Waals surface area contributed by atoms with Gasteiger partial charge in [-0.15, -0.1) is 5.10 Å². The Hall–Kier alpha value is -1.84. The fourth-order valence-electron chi connectivity index (χ4n) is 0.852. The molecule has 2 heterocycles. The second-order valence-corrected chi connectivity index (χ2v) is 2.18. The third-order valence-electron chi connectivity index (χ3n) is 1.37. The molecule has 0 saturated carbocycles. The van der Waals surface area contributed by atoms with Gasteiger partial charge in [0, 0.05) is 18.6 Å². The van der Waals surface area contributed by atoms with Crippen LogP contribution in [0.5, 0.6) is 0 Å². The van der Waals surface area contributed by atoms with E-state index in [2.05, 4.69) is 20.2 Å². The van der Waals surface area contributed by atoms with Crippen LogP contribution in [-0.4, -0.2) is 20.2 Å². The Morgan fingerprint density at radius 2 is 1.75 bits per heavy atom. The molecule has 58 valence electrons. The van der Waals surface area contributed by atoms with Gasteiger partial charge in [0.2, 0.25) is 0 Å². The van der Waals surface area contributed by atoms with Crippen LogP contribution in [0.25, 0.3) is 11.5 Å². The lowest BCUT2D eigenvalue weighted by molar-refractivity contribution is 1.01. The van der Waals surface area contributed by atoms with Crippen molar-refractivity contribution >= 4 is 0 Å². The van der Waals surface area contributed by atoms with Crippen LogP contribution in [0.1, 0.15) is 0 Å². The first-order chi connectivity index (χ1) is 5.97. The zero-order chi connectivity index (χ0) is 8.23. The molecule has 0 aliphatic rings. The second kappa shape index (κ2) is 3.04. The highest BCUT2D eigenvalue weighted by atomic mass is 15.1. The maximum Gasteiger partial charge on any atom is 0.180 e. The van der Waals surface area contributed by atoms with Crippen molar-refractivity contribution in [2.24, 2.45) is 0 Å². The lowest BCUT2D eigenvalue weighted by Crippen LogP contribution is -1.90. The normalized spacial score (nSPS) is 9.67. The molecule has 0 saturated heterocycles. The Balaban J connectivity index is 2.46. The van der Waals surface area contributed by atoms with Gasteiger partial charge >= 0.3 is 0 Å². The predicted octanol–water partition coefficient (Wildman–Crippen LogP) is 0.934.